The summed E-state index contributed by atoms with van der Waals surface area (Å²) in [5.41, 5.74) is 1.49. The lowest BCUT2D eigenvalue weighted by Crippen LogP contribution is -2.19. The summed E-state index contributed by atoms with van der Waals surface area (Å²) >= 11 is 6.52. The van der Waals surface area contributed by atoms with Crippen LogP contribution in [-0.4, -0.2) is 47.3 Å². The van der Waals surface area contributed by atoms with Gasteiger partial charge in [-0.3, -0.25) is 9.78 Å². The summed E-state index contributed by atoms with van der Waals surface area (Å²) in [4.78, 5) is 24.2. The van der Waals surface area contributed by atoms with Gasteiger partial charge in [-0.15, -0.1) is 0 Å². The zero-order valence-corrected chi connectivity index (χ0v) is 23.8. The van der Waals surface area contributed by atoms with Gasteiger partial charge in [-0.25, -0.2) is 22.8 Å². The molecule has 4 rings (SSSR count). The minimum absolute atomic E-state index is 0.104. The van der Waals surface area contributed by atoms with Gasteiger partial charge in [-0.1, -0.05) is 17.7 Å². The first-order chi connectivity index (χ1) is 18.8. The van der Waals surface area contributed by atoms with E-state index in [1.165, 1.54) is 25.4 Å². The molecule has 40 heavy (non-hydrogen) atoms. The number of aliphatic hydroxyl groups is 1. The number of benzene rings is 2. The Morgan fingerprint density at radius 2 is 1.80 bits per heavy atom. The number of halogens is 2. The van der Waals surface area contributed by atoms with Gasteiger partial charge in [-0.2, -0.15) is 0 Å². The second kappa shape index (κ2) is 11.4. The van der Waals surface area contributed by atoms with Crippen molar-refractivity contribution in [3.63, 3.8) is 0 Å². The van der Waals surface area contributed by atoms with Gasteiger partial charge < -0.3 is 15.2 Å². The molecule has 2 aromatic carbocycles. The summed E-state index contributed by atoms with van der Waals surface area (Å²) in [6.45, 7) is 4.88. The molecule has 9 nitrogen and oxygen atoms in total. The highest BCUT2D eigenvalue weighted by molar-refractivity contribution is 7.91. The van der Waals surface area contributed by atoms with Crippen LogP contribution in [0.1, 0.15) is 44.6 Å². The lowest BCUT2D eigenvalue weighted by Gasteiger charge is -2.20. The van der Waals surface area contributed by atoms with Crippen molar-refractivity contribution < 1.29 is 27.4 Å². The van der Waals surface area contributed by atoms with Crippen molar-refractivity contribution in [2.24, 2.45) is 0 Å². The Morgan fingerprint density at radius 1 is 1.10 bits per heavy atom. The van der Waals surface area contributed by atoms with Crippen LogP contribution < -0.4 is 5.32 Å². The number of ether oxygens (including phenoxy) is 1. The maximum absolute atomic E-state index is 14.9. The number of hydrogen-bond acceptors (Lipinski definition) is 9. The summed E-state index contributed by atoms with van der Waals surface area (Å²) in [5.74, 6) is -1.43. The third-order valence-electron chi connectivity index (χ3n) is 6.31. The van der Waals surface area contributed by atoms with E-state index in [4.69, 9.17) is 11.6 Å². The molecule has 0 spiro atoms. The molecule has 0 aliphatic heterocycles. The molecule has 0 radical (unpaired) electrons. The lowest BCUT2D eigenvalue weighted by molar-refractivity contribution is -0.140. The number of nitrogens with one attached hydrogen (secondary N) is 1. The molecule has 0 saturated heterocycles. The van der Waals surface area contributed by atoms with Crippen molar-refractivity contribution in [3.05, 3.63) is 77.2 Å². The highest BCUT2D eigenvalue weighted by Gasteiger charge is 2.22. The molecule has 0 aliphatic carbocycles. The first kappa shape index (κ1) is 29.3. The topological polar surface area (TPSA) is 131 Å². The molecule has 2 heterocycles. The molecule has 0 bridgehead atoms. The first-order valence-electron chi connectivity index (χ1n) is 12.3. The molecular formula is C28H28ClFN4O5S. The summed E-state index contributed by atoms with van der Waals surface area (Å²) in [6.07, 6.45) is 4.38. The van der Waals surface area contributed by atoms with E-state index < -0.39 is 39.0 Å². The molecule has 0 amide bonds. The van der Waals surface area contributed by atoms with E-state index >= 15 is 0 Å². The smallest absolute Gasteiger partial charge is 0.306 e. The van der Waals surface area contributed by atoms with Gasteiger partial charge in [0.25, 0.3) is 0 Å². The molecule has 2 N–H and O–H groups in total. The van der Waals surface area contributed by atoms with Crippen molar-refractivity contribution in [2.45, 2.75) is 43.7 Å². The van der Waals surface area contributed by atoms with Crippen molar-refractivity contribution in [1.82, 2.24) is 15.0 Å². The van der Waals surface area contributed by atoms with Crippen LogP contribution in [-0.2, 0) is 25.0 Å². The highest BCUT2D eigenvalue weighted by atomic mass is 35.5. The standard InChI is InChI=1S/C28H28ClFN4O5S/c1-16(20-12-19(6-7-23(20)30)40(37,38)10-9-25(35)39-4)34-26-21-11-17(5-8-24(21)31-15-22(26)29)18-13-32-27(33-14-18)28(2,3)36/h5-8,11-16,36H,9-10H2,1-4H3,(H,31,34). The fourth-order valence-electron chi connectivity index (χ4n) is 4.07. The maximum Gasteiger partial charge on any atom is 0.306 e. The number of carbonyl (C=O) groups is 1. The number of fused-ring (bicyclic) bond motifs is 1. The first-order valence-corrected chi connectivity index (χ1v) is 14.3. The van der Waals surface area contributed by atoms with Crippen LogP contribution in [0.2, 0.25) is 5.02 Å². The van der Waals surface area contributed by atoms with Crippen molar-refractivity contribution in [1.29, 1.82) is 0 Å². The molecule has 2 aromatic heterocycles. The number of anilines is 1. The van der Waals surface area contributed by atoms with Crippen LogP contribution >= 0.6 is 11.6 Å². The number of esters is 1. The molecule has 1 unspecified atom stereocenters. The Hall–Kier alpha value is -3.67. The van der Waals surface area contributed by atoms with Crippen LogP contribution in [0.15, 0.2) is 59.9 Å². The van der Waals surface area contributed by atoms with Gasteiger partial charge >= 0.3 is 5.97 Å². The Kier molecular flexibility index (Phi) is 8.38. The second-order valence-corrected chi connectivity index (χ2v) is 12.3. The Balaban J connectivity index is 1.68. The van der Waals surface area contributed by atoms with Gasteiger partial charge in [0.05, 0.1) is 46.4 Å². The number of pyridine rings is 1. The highest BCUT2D eigenvalue weighted by Crippen LogP contribution is 2.36. The number of rotatable bonds is 9. The van der Waals surface area contributed by atoms with Gasteiger partial charge in [0.2, 0.25) is 0 Å². The summed E-state index contributed by atoms with van der Waals surface area (Å²) in [5, 5.41) is 14.3. The second-order valence-electron chi connectivity index (χ2n) is 9.76. The minimum atomic E-state index is -3.86. The van der Waals surface area contributed by atoms with Crippen LogP contribution in [0.4, 0.5) is 10.1 Å². The third-order valence-corrected chi connectivity index (χ3v) is 8.31. The number of carbonyl (C=O) groups excluding carboxylic acids is 1. The number of aromatic nitrogens is 3. The van der Waals surface area contributed by atoms with Gasteiger partial charge in [0.15, 0.2) is 15.7 Å². The van der Waals surface area contributed by atoms with Crippen molar-refractivity contribution in [3.8, 4) is 11.1 Å². The predicted molar refractivity (Wildman–Crippen MR) is 150 cm³/mol. The zero-order valence-electron chi connectivity index (χ0n) is 22.3. The molecule has 1 atom stereocenters. The minimum Gasteiger partial charge on any atom is -0.469 e. The van der Waals surface area contributed by atoms with E-state index in [9.17, 15) is 22.7 Å². The van der Waals surface area contributed by atoms with Crippen LogP contribution in [0.25, 0.3) is 22.0 Å². The van der Waals surface area contributed by atoms with E-state index in [1.807, 2.05) is 12.1 Å². The quantitative estimate of drug-likeness (QED) is 0.200. The van der Waals surface area contributed by atoms with E-state index in [0.29, 0.717) is 22.2 Å². The SMILES string of the molecule is COC(=O)CCS(=O)(=O)c1ccc(F)c(C(C)Nc2c(Cl)cnc3ccc(-c4cnc(C(C)(C)O)nc4)cc23)c1. The normalized spacial score (nSPS) is 12.8. The summed E-state index contributed by atoms with van der Waals surface area (Å²) in [6, 6.07) is 8.30. The average molecular weight is 587 g/mol. The maximum atomic E-state index is 14.9. The van der Waals surface area contributed by atoms with E-state index in [1.54, 1.807) is 39.2 Å². The molecule has 210 valence electrons. The Labute approximate surface area is 236 Å². The summed E-state index contributed by atoms with van der Waals surface area (Å²) < 4.78 is 45.0. The molecular weight excluding hydrogens is 559 g/mol. The van der Waals surface area contributed by atoms with Crippen LogP contribution in [0, 0.1) is 5.82 Å². The Morgan fingerprint density at radius 3 is 2.45 bits per heavy atom. The molecule has 0 saturated carbocycles. The van der Waals surface area contributed by atoms with Crippen LogP contribution in [0.5, 0.6) is 0 Å². The number of sulfone groups is 1. The summed E-state index contributed by atoms with van der Waals surface area (Å²) in [7, 11) is -2.68. The van der Waals surface area contributed by atoms with Gasteiger partial charge in [0, 0.05) is 35.1 Å². The van der Waals surface area contributed by atoms with Crippen molar-refractivity contribution in [2.75, 3.05) is 18.2 Å². The Bertz CT molecular complexity index is 1680. The molecule has 0 fully saturated rings. The van der Waals surface area contributed by atoms with Gasteiger partial charge in [0.1, 0.15) is 11.4 Å². The fourth-order valence-corrected chi connectivity index (χ4v) is 5.52. The van der Waals surface area contributed by atoms with E-state index in [0.717, 1.165) is 11.6 Å². The number of methoxy groups -OCH3 is 1. The molecule has 4 aromatic rings. The van der Waals surface area contributed by atoms with E-state index in [2.05, 4.69) is 25.0 Å². The molecule has 0 aliphatic rings. The molecule has 12 heteroatoms. The largest absolute Gasteiger partial charge is 0.469 e. The fraction of sp³-hybridized carbons (Fsp3) is 0.286. The monoisotopic (exact) mass is 586 g/mol. The number of hydrogen-bond donors (Lipinski definition) is 2. The lowest BCUT2D eigenvalue weighted by atomic mass is 10.0. The van der Waals surface area contributed by atoms with Gasteiger partial charge in [-0.05, 0) is 56.7 Å². The van der Waals surface area contributed by atoms with Crippen molar-refractivity contribution >= 4 is 44.0 Å². The third kappa shape index (κ3) is 6.38. The average Bonchev–Trinajstić information content (AvgIpc) is 2.92. The van der Waals surface area contributed by atoms with E-state index in [-0.39, 0.29) is 27.7 Å². The zero-order chi connectivity index (χ0) is 29.2. The van der Waals surface area contributed by atoms with Crippen LogP contribution in [0.3, 0.4) is 0 Å². The number of nitrogens with zero attached hydrogens (tertiary/aromatic N) is 3. The predicted octanol–water partition coefficient (Wildman–Crippen LogP) is 5.22.